The Labute approximate surface area is 132 Å². The number of carbonyl (C=O) groups excluding carboxylic acids is 1. The van der Waals surface area contributed by atoms with Crippen molar-refractivity contribution in [1.29, 1.82) is 0 Å². The van der Waals surface area contributed by atoms with Crippen LogP contribution in [0.5, 0.6) is 0 Å². The minimum Gasteiger partial charge on any atom is -0.444 e. The van der Waals surface area contributed by atoms with Gasteiger partial charge in [-0.05, 0) is 23.7 Å². The zero-order valence-corrected chi connectivity index (χ0v) is 12.5. The minimum atomic E-state index is -0.558. The van der Waals surface area contributed by atoms with Gasteiger partial charge >= 0.3 is 6.09 Å². The van der Waals surface area contributed by atoms with Crippen LogP contribution in [-0.2, 0) is 4.74 Å². The van der Waals surface area contributed by atoms with Crippen molar-refractivity contribution in [1.82, 2.24) is 5.32 Å². The normalized spacial score (nSPS) is 21.1. The van der Waals surface area contributed by atoms with E-state index in [0.717, 1.165) is 26.2 Å². The Morgan fingerprint density at radius 3 is 2.91 bits per heavy atom. The lowest BCUT2D eigenvalue weighted by molar-refractivity contribution is 0.145. The maximum absolute atomic E-state index is 14.4. The van der Waals surface area contributed by atoms with Gasteiger partial charge in [0.25, 0.3) is 0 Å². The van der Waals surface area contributed by atoms with Gasteiger partial charge in [-0.15, -0.1) is 0 Å². The highest BCUT2D eigenvalue weighted by molar-refractivity contribution is 5.90. The number of hydrogen-bond acceptors (Lipinski definition) is 5. The Bertz CT molecular complexity index is 642. The first-order chi connectivity index (χ1) is 11.2. The van der Waals surface area contributed by atoms with Crippen LogP contribution in [0.15, 0.2) is 23.3 Å². The molecule has 0 spiro atoms. The summed E-state index contributed by atoms with van der Waals surface area (Å²) >= 11 is 0. The second kappa shape index (κ2) is 6.72. The third-order valence-electron chi connectivity index (χ3n) is 3.92. The van der Waals surface area contributed by atoms with Crippen LogP contribution in [0.4, 0.5) is 20.6 Å². The predicted molar refractivity (Wildman–Crippen MR) is 83.1 cm³/mol. The molecule has 23 heavy (non-hydrogen) atoms. The molecule has 1 amide bonds. The number of carbonyl (C=O) groups is 1. The number of amides is 1. The van der Waals surface area contributed by atoms with Crippen molar-refractivity contribution in [3.8, 4) is 0 Å². The van der Waals surface area contributed by atoms with Gasteiger partial charge in [-0.2, -0.15) is 0 Å². The molecule has 1 N–H and O–H groups in total. The van der Waals surface area contributed by atoms with Gasteiger partial charge in [-0.1, -0.05) is 5.11 Å². The molecule has 2 saturated heterocycles. The van der Waals surface area contributed by atoms with Gasteiger partial charge in [0.1, 0.15) is 11.9 Å². The number of ether oxygens (including phenoxy) is 1. The Kier molecular flexibility index (Phi) is 4.50. The number of halogens is 1. The van der Waals surface area contributed by atoms with Crippen molar-refractivity contribution in [2.24, 2.45) is 5.11 Å². The highest BCUT2D eigenvalue weighted by atomic mass is 19.1. The van der Waals surface area contributed by atoms with Gasteiger partial charge in [0.2, 0.25) is 0 Å². The molecule has 0 unspecified atom stereocenters. The molecule has 3 rings (SSSR count). The number of piperazine rings is 1. The van der Waals surface area contributed by atoms with Gasteiger partial charge in [0.05, 0.1) is 24.5 Å². The molecule has 2 aliphatic heterocycles. The molecule has 0 aliphatic carbocycles. The number of anilines is 2. The van der Waals surface area contributed by atoms with Crippen molar-refractivity contribution >= 4 is 17.5 Å². The smallest absolute Gasteiger partial charge is 0.414 e. The van der Waals surface area contributed by atoms with E-state index in [2.05, 4.69) is 15.3 Å². The number of nitrogens with zero attached hydrogens (tertiary/aromatic N) is 5. The van der Waals surface area contributed by atoms with Crippen LogP contribution in [0.2, 0.25) is 0 Å². The Morgan fingerprint density at radius 1 is 1.43 bits per heavy atom. The van der Waals surface area contributed by atoms with E-state index in [4.69, 9.17) is 10.3 Å². The van der Waals surface area contributed by atoms with Gasteiger partial charge in [0.15, 0.2) is 0 Å². The minimum absolute atomic E-state index is 0.0695. The molecule has 1 aromatic rings. The summed E-state index contributed by atoms with van der Waals surface area (Å²) in [6.45, 7) is 3.44. The van der Waals surface area contributed by atoms with Gasteiger partial charge in [-0.25, -0.2) is 9.18 Å². The van der Waals surface area contributed by atoms with Gasteiger partial charge in [0, 0.05) is 31.1 Å². The van der Waals surface area contributed by atoms with Crippen molar-refractivity contribution in [3.05, 3.63) is 34.5 Å². The summed E-state index contributed by atoms with van der Waals surface area (Å²) in [6, 6.07) is 4.73. The topological polar surface area (TPSA) is 93.6 Å². The van der Waals surface area contributed by atoms with Crippen molar-refractivity contribution in [3.63, 3.8) is 0 Å². The lowest BCUT2D eigenvalue weighted by atomic mass is 10.2. The first kappa shape index (κ1) is 15.4. The van der Waals surface area contributed by atoms with E-state index in [0.29, 0.717) is 11.4 Å². The summed E-state index contributed by atoms with van der Waals surface area (Å²) in [5, 5.41) is 6.62. The molecular formula is C14H17FN6O2. The molecule has 1 atom stereocenters. The summed E-state index contributed by atoms with van der Waals surface area (Å²) in [4.78, 5) is 17.8. The largest absolute Gasteiger partial charge is 0.444 e. The fourth-order valence-electron chi connectivity index (χ4n) is 2.78. The number of nitrogens with one attached hydrogen (secondary N) is 1. The van der Waals surface area contributed by atoms with Crippen LogP contribution in [0.3, 0.4) is 0 Å². The highest BCUT2D eigenvalue weighted by Gasteiger charge is 2.32. The van der Waals surface area contributed by atoms with E-state index in [1.165, 1.54) is 11.0 Å². The average molecular weight is 320 g/mol. The van der Waals surface area contributed by atoms with Crippen LogP contribution in [-0.4, -0.2) is 51.5 Å². The summed E-state index contributed by atoms with van der Waals surface area (Å²) in [5.74, 6) is -0.365. The van der Waals surface area contributed by atoms with E-state index >= 15 is 0 Å². The molecule has 0 bridgehead atoms. The van der Waals surface area contributed by atoms with Crippen LogP contribution < -0.4 is 15.1 Å². The number of azide groups is 1. The summed E-state index contributed by atoms with van der Waals surface area (Å²) < 4.78 is 19.5. The number of cyclic esters (lactones) is 1. The van der Waals surface area contributed by atoms with Crippen LogP contribution >= 0.6 is 0 Å². The van der Waals surface area contributed by atoms with Gasteiger partial charge in [-0.3, -0.25) is 4.90 Å². The van der Waals surface area contributed by atoms with Crippen molar-refractivity contribution in [2.75, 3.05) is 49.1 Å². The number of benzene rings is 1. The molecule has 122 valence electrons. The second-order valence-corrected chi connectivity index (χ2v) is 5.40. The van der Waals surface area contributed by atoms with E-state index in [1.807, 2.05) is 4.90 Å². The van der Waals surface area contributed by atoms with Crippen LogP contribution in [0, 0.1) is 5.82 Å². The van der Waals surface area contributed by atoms with E-state index in [-0.39, 0.29) is 18.9 Å². The summed E-state index contributed by atoms with van der Waals surface area (Å²) in [7, 11) is 0. The second-order valence-electron chi connectivity index (χ2n) is 5.40. The molecule has 2 heterocycles. The Hall–Kier alpha value is -2.51. The fourth-order valence-corrected chi connectivity index (χ4v) is 2.78. The first-order valence-corrected chi connectivity index (χ1v) is 7.43. The standard InChI is InChI=1S/C14H17FN6O2/c15-12-7-10(1-2-13(12)20-5-3-17-4-6-20)21-9-11(8-18-19-16)23-14(21)22/h1-2,7,11,17H,3-6,8-9H2/t11-/m1/s1. The lowest BCUT2D eigenvalue weighted by Crippen LogP contribution is -2.43. The maximum Gasteiger partial charge on any atom is 0.414 e. The molecule has 0 radical (unpaired) electrons. The molecule has 8 nitrogen and oxygen atoms in total. The zero-order valence-electron chi connectivity index (χ0n) is 12.5. The van der Waals surface area contributed by atoms with E-state index in [9.17, 15) is 9.18 Å². The Balaban J connectivity index is 1.74. The van der Waals surface area contributed by atoms with Crippen molar-refractivity contribution < 1.29 is 13.9 Å². The number of rotatable bonds is 4. The molecule has 2 aliphatic rings. The molecule has 0 aromatic heterocycles. The molecule has 0 saturated carbocycles. The van der Waals surface area contributed by atoms with Gasteiger partial charge < -0.3 is 15.0 Å². The average Bonchev–Trinajstić information content (AvgIpc) is 2.94. The highest BCUT2D eigenvalue weighted by Crippen LogP contribution is 2.28. The maximum atomic E-state index is 14.4. The molecule has 1 aromatic carbocycles. The van der Waals surface area contributed by atoms with Crippen LogP contribution in [0.1, 0.15) is 0 Å². The van der Waals surface area contributed by atoms with Crippen molar-refractivity contribution in [2.45, 2.75) is 6.10 Å². The quantitative estimate of drug-likeness (QED) is 0.520. The SMILES string of the molecule is [N-]=[N+]=NC[C@@H]1CN(c2ccc(N3CCNCC3)c(F)c2)C(=O)O1. The summed E-state index contributed by atoms with van der Waals surface area (Å²) in [6.07, 6.45) is -1.06. The van der Waals surface area contributed by atoms with Crippen LogP contribution in [0.25, 0.3) is 10.4 Å². The first-order valence-electron chi connectivity index (χ1n) is 7.43. The molecular weight excluding hydrogens is 303 g/mol. The van der Waals surface area contributed by atoms with E-state index < -0.39 is 12.2 Å². The third kappa shape index (κ3) is 3.30. The number of hydrogen-bond donors (Lipinski definition) is 1. The monoisotopic (exact) mass is 320 g/mol. The molecule has 2 fully saturated rings. The zero-order chi connectivity index (χ0) is 16.2. The Morgan fingerprint density at radius 2 is 2.22 bits per heavy atom. The summed E-state index contributed by atoms with van der Waals surface area (Å²) in [5.41, 5.74) is 9.29. The predicted octanol–water partition coefficient (Wildman–Crippen LogP) is 1.87. The molecule has 9 heteroatoms. The third-order valence-corrected chi connectivity index (χ3v) is 3.92. The van der Waals surface area contributed by atoms with E-state index in [1.54, 1.807) is 12.1 Å². The fraction of sp³-hybridized carbons (Fsp3) is 0.500. The lowest BCUT2D eigenvalue weighted by Gasteiger charge is -2.30.